The summed E-state index contributed by atoms with van der Waals surface area (Å²) in [5.41, 5.74) is 1.35. The van der Waals surface area contributed by atoms with Gasteiger partial charge in [0, 0.05) is 6.54 Å². The Balaban J connectivity index is 1.60. The first-order chi connectivity index (χ1) is 12.2. The van der Waals surface area contributed by atoms with E-state index in [2.05, 4.69) is 5.32 Å². The third-order valence-electron chi connectivity index (χ3n) is 3.73. The molecule has 128 valence electrons. The number of rotatable bonds is 7. The molecule has 0 bridgehead atoms. The highest BCUT2D eigenvalue weighted by atomic mass is 32.1. The first-order valence-electron chi connectivity index (χ1n) is 8.04. The summed E-state index contributed by atoms with van der Waals surface area (Å²) in [5.74, 6) is 0.962. The molecule has 3 aromatic rings. The molecule has 0 aliphatic heterocycles. The quantitative estimate of drug-likeness (QED) is 0.662. The number of ether oxygens (including phenoxy) is 1. The molecular formula is C20H19NO3S. The molecule has 4 nitrogen and oxygen atoms in total. The van der Waals surface area contributed by atoms with E-state index in [0.29, 0.717) is 30.0 Å². The van der Waals surface area contributed by atoms with Crippen molar-refractivity contribution in [3.63, 3.8) is 0 Å². The van der Waals surface area contributed by atoms with Crippen molar-refractivity contribution in [1.82, 2.24) is 5.32 Å². The number of nitrogens with one attached hydrogen (secondary N) is 1. The fraction of sp³-hybridized carbons (Fsp3) is 0.150. The van der Waals surface area contributed by atoms with Crippen molar-refractivity contribution >= 4 is 17.2 Å². The maximum Gasteiger partial charge on any atom is 0.255 e. The third-order valence-corrected chi connectivity index (χ3v) is 4.44. The average Bonchev–Trinajstić information content (AvgIpc) is 3.18. The first-order valence-corrected chi connectivity index (χ1v) is 8.98. The van der Waals surface area contributed by atoms with Gasteiger partial charge in [-0.05, 0) is 53.1 Å². The zero-order valence-corrected chi connectivity index (χ0v) is 14.4. The van der Waals surface area contributed by atoms with Gasteiger partial charge in [0.1, 0.15) is 11.5 Å². The van der Waals surface area contributed by atoms with Gasteiger partial charge in [-0.25, -0.2) is 0 Å². The Hall–Kier alpha value is -2.63. The summed E-state index contributed by atoms with van der Waals surface area (Å²) in [6.07, 6.45) is -0.105. The number of aliphatic hydroxyl groups is 1. The Morgan fingerprint density at radius 2 is 1.84 bits per heavy atom. The normalized spacial score (nSPS) is 11.7. The predicted molar refractivity (Wildman–Crippen MR) is 99.2 cm³/mol. The van der Waals surface area contributed by atoms with Crippen molar-refractivity contribution in [2.75, 3.05) is 6.54 Å². The van der Waals surface area contributed by atoms with Gasteiger partial charge < -0.3 is 15.2 Å². The number of hydrogen-bond donors (Lipinski definition) is 2. The molecule has 1 amide bonds. The second-order valence-electron chi connectivity index (χ2n) is 5.53. The molecule has 1 atom stereocenters. The highest BCUT2D eigenvalue weighted by Gasteiger charge is 2.14. The monoisotopic (exact) mass is 353 g/mol. The Labute approximate surface area is 150 Å². The molecule has 3 rings (SSSR count). The molecule has 0 spiro atoms. The fourth-order valence-electron chi connectivity index (χ4n) is 2.41. The lowest BCUT2D eigenvalue weighted by molar-refractivity contribution is 0.0940. The summed E-state index contributed by atoms with van der Waals surface area (Å²) in [6, 6.07) is 18.4. The Morgan fingerprint density at radius 3 is 2.60 bits per heavy atom. The summed E-state index contributed by atoms with van der Waals surface area (Å²) >= 11 is 1.54. The van der Waals surface area contributed by atoms with Crippen LogP contribution in [0.3, 0.4) is 0 Å². The van der Waals surface area contributed by atoms with E-state index < -0.39 is 6.10 Å². The molecule has 0 fully saturated rings. The van der Waals surface area contributed by atoms with E-state index in [9.17, 15) is 9.90 Å². The molecule has 1 heterocycles. The molecule has 0 radical (unpaired) electrons. The summed E-state index contributed by atoms with van der Waals surface area (Å²) < 4.78 is 5.81. The number of hydrogen-bond acceptors (Lipinski definition) is 4. The van der Waals surface area contributed by atoms with E-state index in [1.54, 1.807) is 29.5 Å². The van der Waals surface area contributed by atoms with E-state index in [1.807, 2.05) is 53.2 Å². The number of carbonyl (C=O) groups is 1. The van der Waals surface area contributed by atoms with Crippen LogP contribution in [0.25, 0.3) is 0 Å². The Bertz CT molecular complexity index is 803. The summed E-state index contributed by atoms with van der Waals surface area (Å²) in [4.78, 5) is 12.5. The van der Waals surface area contributed by atoms with Crippen LogP contribution in [0, 0.1) is 0 Å². The SMILES string of the molecule is O=C(NCCC(O)c1ccsc1)c1ccccc1Oc1ccccc1. The van der Waals surface area contributed by atoms with Crippen LogP contribution in [0.4, 0.5) is 0 Å². The van der Waals surface area contributed by atoms with E-state index in [-0.39, 0.29) is 5.91 Å². The first kappa shape index (κ1) is 17.2. The third kappa shape index (κ3) is 4.68. The van der Waals surface area contributed by atoms with Gasteiger partial charge in [-0.2, -0.15) is 11.3 Å². The van der Waals surface area contributed by atoms with Crippen molar-refractivity contribution < 1.29 is 14.6 Å². The second-order valence-corrected chi connectivity index (χ2v) is 6.31. The minimum atomic E-state index is -0.567. The average molecular weight is 353 g/mol. The molecule has 1 unspecified atom stereocenters. The van der Waals surface area contributed by atoms with Gasteiger partial charge in [0.25, 0.3) is 5.91 Å². The predicted octanol–water partition coefficient (Wildman–Crippen LogP) is 4.39. The van der Waals surface area contributed by atoms with Crippen molar-refractivity contribution in [3.8, 4) is 11.5 Å². The van der Waals surface area contributed by atoms with Crippen LogP contribution < -0.4 is 10.1 Å². The van der Waals surface area contributed by atoms with Crippen molar-refractivity contribution in [2.45, 2.75) is 12.5 Å². The molecule has 2 N–H and O–H groups in total. The highest BCUT2D eigenvalue weighted by Crippen LogP contribution is 2.25. The number of carbonyl (C=O) groups excluding carboxylic acids is 1. The van der Waals surface area contributed by atoms with E-state index in [1.165, 1.54) is 0 Å². The van der Waals surface area contributed by atoms with Gasteiger partial charge in [0.15, 0.2) is 0 Å². The van der Waals surface area contributed by atoms with Gasteiger partial charge in [-0.1, -0.05) is 30.3 Å². The van der Waals surface area contributed by atoms with Crippen LogP contribution in [-0.2, 0) is 0 Å². The maximum atomic E-state index is 12.5. The lowest BCUT2D eigenvalue weighted by atomic mass is 10.1. The number of aliphatic hydroxyl groups excluding tert-OH is 1. The topological polar surface area (TPSA) is 58.6 Å². The van der Waals surface area contributed by atoms with Crippen LogP contribution in [0.5, 0.6) is 11.5 Å². The maximum absolute atomic E-state index is 12.5. The van der Waals surface area contributed by atoms with Crippen LogP contribution in [-0.4, -0.2) is 17.6 Å². The van der Waals surface area contributed by atoms with E-state index >= 15 is 0 Å². The fourth-order valence-corrected chi connectivity index (χ4v) is 3.11. The Morgan fingerprint density at radius 1 is 1.08 bits per heavy atom. The lowest BCUT2D eigenvalue weighted by Gasteiger charge is -2.13. The van der Waals surface area contributed by atoms with Crippen molar-refractivity contribution in [2.24, 2.45) is 0 Å². The molecule has 5 heteroatoms. The number of para-hydroxylation sites is 2. The number of benzene rings is 2. The highest BCUT2D eigenvalue weighted by molar-refractivity contribution is 7.07. The summed E-state index contributed by atoms with van der Waals surface area (Å²) in [5, 5.41) is 16.8. The minimum Gasteiger partial charge on any atom is -0.457 e. The van der Waals surface area contributed by atoms with Gasteiger partial charge >= 0.3 is 0 Å². The number of amides is 1. The molecule has 1 aromatic heterocycles. The van der Waals surface area contributed by atoms with Crippen LogP contribution in [0.1, 0.15) is 28.4 Å². The van der Waals surface area contributed by atoms with Crippen LogP contribution in [0.2, 0.25) is 0 Å². The Kier molecular flexibility index (Phi) is 5.82. The second kappa shape index (κ2) is 8.46. The molecule has 0 saturated carbocycles. The molecular weight excluding hydrogens is 334 g/mol. The minimum absolute atomic E-state index is 0.218. The standard InChI is InChI=1S/C20H19NO3S/c22-18(15-11-13-25-14-15)10-12-21-20(23)17-8-4-5-9-19(17)24-16-6-2-1-3-7-16/h1-9,11,13-14,18,22H,10,12H2,(H,21,23). The van der Waals surface area contributed by atoms with Crippen LogP contribution in [0.15, 0.2) is 71.4 Å². The summed E-state index contributed by atoms with van der Waals surface area (Å²) in [7, 11) is 0. The van der Waals surface area contributed by atoms with Gasteiger partial charge in [0.2, 0.25) is 0 Å². The van der Waals surface area contributed by atoms with Crippen molar-refractivity contribution in [3.05, 3.63) is 82.6 Å². The molecule has 25 heavy (non-hydrogen) atoms. The molecule has 2 aromatic carbocycles. The van der Waals surface area contributed by atoms with Gasteiger partial charge in [-0.15, -0.1) is 0 Å². The zero-order chi connectivity index (χ0) is 17.5. The lowest BCUT2D eigenvalue weighted by Crippen LogP contribution is -2.26. The van der Waals surface area contributed by atoms with E-state index in [4.69, 9.17) is 4.74 Å². The van der Waals surface area contributed by atoms with Gasteiger partial charge in [-0.3, -0.25) is 4.79 Å². The van der Waals surface area contributed by atoms with Crippen molar-refractivity contribution in [1.29, 1.82) is 0 Å². The largest absolute Gasteiger partial charge is 0.457 e. The zero-order valence-electron chi connectivity index (χ0n) is 13.6. The summed E-state index contributed by atoms with van der Waals surface area (Å²) in [6.45, 7) is 0.384. The smallest absolute Gasteiger partial charge is 0.255 e. The number of thiophene rings is 1. The van der Waals surface area contributed by atoms with Crippen LogP contribution >= 0.6 is 11.3 Å². The molecule has 0 saturated heterocycles. The van der Waals surface area contributed by atoms with Gasteiger partial charge in [0.05, 0.1) is 11.7 Å². The molecule has 0 aliphatic carbocycles. The molecule has 0 aliphatic rings. The van der Waals surface area contributed by atoms with E-state index in [0.717, 1.165) is 5.56 Å².